The first kappa shape index (κ1) is 15.3. The van der Waals surface area contributed by atoms with Crippen molar-refractivity contribution >= 4 is 57.4 Å². The lowest BCUT2D eigenvalue weighted by Crippen LogP contribution is -2.29. The van der Waals surface area contributed by atoms with Gasteiger partial charge in [-0.1, -0.05) is 29.3 Å². The fourth-order valence-electron chi connectivity index (χ4n) is 1.48. The third-order valence-electron chi connectivity index (χ3n) is 2.36. The Morgan fingerprint density at radius 2 is 2.15 bits per heavy atom. The number of hydrogen-bond donors (Lipinski definition) is 1. The van der Waals surface area contributed by atoms with Crippen LogP contribution in [0.15, 0.2) is 35.4 Å². The van der Waals surface area contributed by atoms with Gasteiger partial charge in [-0.25, -0.2) is 4.98 Å². The number of aromatic nitrogens is 2. The van der Waals surface area contributed by atoms with Crippen molar-refractivity contribution in [3.63, 3.8) is 0 Å². The van der Waals surface area contributed by atoms with Crippen LogP contribution in [-0.4, -0.2) is 15.5 Å². The van der Waals surface area contributed by atoms with Gasteiger partial charge in [0.15, 0.2) is 0 Å². The van der Waals surface area contributed by atoms with Crippen LogP contribution in [0.2, 0.25) is 10.2 Å². The number of carbonyl (C=O) groups excluding carboxylic acids is 1. The molecule has 1 amide bonds. The number of hydrogen-bond acceptors (Lipinski definition) is 3. The average Bonchev–Trinajstić information content (AvgIpc) is 2.39. The first-order chi connectivity index (χ1) is 9.47. The van der Waals surface area contributed by atoms with Crippen LogP contribution in [0, 0.1) is 3.57 Å². The molecular formula is C12H8Cl2IN3O2. The van der Waals surface area contributed by atoms with Crippen LogP contribution < -0.4 is 10.9 Å². The Morgan fingerprint density at radius 3 is 2.85 bits per heavy atom. The third-order valence-corrected chi connectivity index (χ3v) is 4.18. The lowest BCUT2D eigenvalue weighted by molar-refractivity contribution is -0.116. The molecule has 0 saturated heterocycles. The number of carbonyl (C=O) groups is 1. The van der Waals surface area contributed by atoms with Gasteiger partial charge in [-0.05, 0) is 40.8 Å². The number of anilines is 1. The molecule has 0 aliphatic carbocycles. The topological polar surface area (TPSA) is 64.0 Å². The highest BCUT2D eigenvalue weighted by molar-refractivity contribution is 14.1. The van der Waals surface area contributed by atoms with Crippen molar-refractivity contribution in [2.75, 3.05) is 5.32 Å². The Bertz CT molecular complexity index is 718. The van der Waals surface area contributed by atoms with E-state index < -0.39 is 0 Å². The van der Waals surface area contributed by atoms with Crippen molar-refractivity contribution in [3.8, 4) is 0 Å². The summed E-state index contributed by atoms with van der Waals surface area (Å²) in [5, 5.41) is 3.29. The van der Waals surface area contributed by atoms with Crippen molar-refractivity contribution in [1.29, 1.82) is 0 Å². The van der Waals surface area contributed by atoms with Crippen molar-refractivity contribution < 1.29 is 4.79 Å². The molecule has 0 radical (unpaired) electrons. The standard InChI is InChI=1S/C12H8Cl2IN3O2/c13-7-2-1-3-8(4-7)17-9(19)5-18-6-16-11(14)10(15)12(18)20/h1-4,6H,5H2,(H,17,19). The predicted molar refractivity (Wildman–Crippen MR) is 86.3 cm³/mol. The highest BCUT2D eigenvalue weighted by Crippen LogP contribution is 2.15. The zero-order valence-electron chi connectivity index (χ0n) is 9.94. The van der Waals surface area contributed by atoms with E-state index in [9.17, 15) is 9.59 Å². The first-order valence-corrected chi connectivity index (χ1v) is 7.26. The van der Waals surface area contributed by atoms with Gasteiger partial charge < -0.3 is 5.32 Å². The van der Waals surface area contributed by atoms with Gasteiger partial charge in [0.05, 0.1) is 6.33 Å². The van der Waals surface area contributed by atoms with E-state index in [2.05, 4.69) is 10.3 Å². The minimum Gasteiger partial charge on any atom is -0.324 e. The predicted octanol–water partition coefficient (Wildman–Crippen LogP) is 2.79. The number of benzene rings is 1. The Labute approximate surface area is 138 Å². The van der Waals surface area contributed by atoms with Crippen LogP contribution >= 0.6 is 45.8 Å². The van der Waals surface area contributed by atoms with Crippen LogP contribution in [-0.2, 0) is 11.3 Å². The van der Waals surface area contributed by atoms with E-state index in [-0.39, 0.29) is 26.7 Å². The number of rotatable bonds is 3. The fraction of sp³-hybridized carbons (Fsp3) is 0.0833. The monoisotopic (exact) mass is 423 g/mol. The lowest BCUT2D eigenvalue weighted by atomic mass is 10.3. The number of halogens is 3. The van der Waals surface area contributed by atoms with Crippen LogP contribution in [0.5, 0.6) is 0 Å². The van der Waals surface area contributed by atoms with Gasteiger partial charge in [-0.15, -0.1) is 0 Å². The largest absolute Gasteiger partial charge is 0.324 e. The summed E-state index contributed by atoms with van der Waals surface area (Å²) in [4.78, 5) is 27.6. The van der Waals surface area contributed by atoms with Crippen LogP contribution in [0.1, 0.15) is 0 Å². The second kappa shape index (κ2) is 6.55. The van der Waals surface area contributed by atoms with Crippen LogP contribution in [0.3, 0.4) is 0 Å². The van der Waals surface area contributed by atoms with Crippen LogP contribution in [0.4, 0.5) is 5.69 Å². The van der Waals surface area contributed by atoms with E-state index in [1.54, 1.807) is 46.9 Å². The summed E-state index contributed by atoms with van der Waals surface area (Å²) in [6.07, 6.45) is 1.24. The van der Waals surface area contributed by atoms with Gasteiger partial charge in [0.2, 0.25) is 5.91 Å². The van der Waals surface area contributed by atoms with E-state index in [0.717, 1.165) is 0 Å². The third kappa shape index (κ3) is 3.71. The second-order valence-electron chi connectivity index (χ2n) is 3.84. The molecule has 0 aliphatic rings. The van der Waals surface area contributed by atoms with Crippen molar-refractivity contribution in [2.45, 2.75) is 6.54 Å². The van der Waals surface area contributed by atoms with Gasteiger partial charge in [0, 0.05) is 10.7 Å². The summed E-state index contributed by atoms with van der Waals surface area (Å²) >= 11 is 13.3. The van der Waals surface area contributed by atoms with E-state index in [0.29, 0.717) is 10.7 Å². The smallest absolute Gasteiger partial charge is 0.268 e. The molecule has 1 N–H and O–H groups in total. The van der Waals surface area contributed by atoms with Crippen molar-refractivity contribution in [1.82, 2.24) is 9.55 Å². The Hall–Kier alpha value is -1.12. The summed E-state index contributed by atoms with van der Waals surface area (Å²) in [5.74, 6) is -0.353. The summed E-state index contributed by atoms with van der Waals surface area (Å²) < 4.78 is 1.47. The maximum Gasteiger partial charge on any atom is 0.268 e. The molecule has 1 heterocycles. The molecule has 1 aromatic heterocycles. The highest BCUT2D eigenvalue weighted by Gasteiger charge is 2.10. The maximum atomic E-state index is 11.9. The molecule has 0 fully saturated rings. The van der Waals surface area contributed by atoms with Gasteiger partial charge in [-0.2, -0.15) is 0 Å². The van der Waals surface area contributed by atoms with Crippen LogP contribution in [0.25, 0.3) is 0 Å². The van der Waals surface area contributed by atoms with Gasteiger partial charge >= 0.3 is 0 Å². The normalized spacial score (nSPS) is 10.3. The summed E-state index contributed by atoms with van der Waals surface area (Å²) in [5.41, 5.74) is 0.207. The molecule has 104 valence electrons. The minimum absolute atomic E-state index is 0.127. The fourth-order valence-corrected chi connectivity index (χ4v) is 2.24. The zero-order chi connectivity index (χ0) is 14.7. The molecule has 0 saturated carbocycles. The Kier molecular flexibility index (Phi) is 5.00. The van der Waals surface area contributed by atoms with Gasteiger partial charge in [0.1, 0.15) is 15.3 Å². The maximum absolute atomic E-state index is 11.9. The molecule has 2 rings (SSSR count). The molecule has 8 heteroatoms. The molecule has 2 aromatic rings. The van der Waals surface area contributed by atoms with Crippen molar-refractivity contribution in [2.24, 2.45) is 0 Å². The minimum atomic E-state index is -0.355. The van der Waals surface area contributed by atoms with E-state index >= 15 is 0 Å². The number of amides is 1. The first-order valence-electron chi connectivity index (χ1n) is 5.43. The van der Waals surface area contributed by atoms with Gasteiger partial charge in [0.25, 0.3) is 5.56 Å². The molecular weight excluding hydrogens is 416 g/mol. The molecule has 1 aromatic carbocycles. The molecule has 0 aliphatic heterocycles. The zero-order valence-corrected chi connectivity index (χ0v) is 13.6. The Morgan fingerprint density at radius 1 is 1.40 bits per heavy atom. The summed E-state index contributed by atoms with van der Waals surface area (Å²) in [6.45, 7) is -0.147. The molecule has 0 atom stereocenters. The number of nitrogens with one attached hydrogen (secondary N) is 1. The second-order valence-corrected chi connectivity index (χ2v) is 5.71. The molecule has 0 spiro atoms. The van der Waals surface area contributed by atoms with Crippen molar-refractivity contribution in [3.05, 3.63) is 54.7 Å². The van der Waals surface area contributed by atoms with E-state index in [1.165, 1.54) is 10.9 Å². The summed E-state index contributed by atoms with van der Waals surface area (Å²) in [7, 11) is 0. The van der Waals surface area contributed by atoms with Gasteiger partial charge in [-0.3, -0.25) is 14.2 Å². The molecule has 0 bridgehead atoms. The lowest BCUT2D eigenvalue weighted by Gasteiger charge is -2.08. The van der Waals surface area contributed by atoms with E-state index in [1.807, 2.05) is 0 Å². The van der Waals surface area contributed by atoms with E-state index in [4.69, 9.17) is 23.2 Å². The summed E-state index contributed by atoms with van der Waals surface area (Å²) in [6, 6.07) is 6.74. The molecule has 20 heavy (non-hydrogen) atoms. The SMILES string of the molecule is O=C(Cn1cnc(Cl)c(I)c1=O)Nc1cccc(Cl)c1. The quantitative estimate of drug-likeness (QED) is 0.609. The highest BCUT2D eigenvalue weighted by atomic mass is 127. The Balaban J connectivity index is 2.13. The number of nitrogens with zero attached hydrogens (tertiary/aromatic N) is 2. The molecule has 0 unspecified atom stereocenters. The average molecular weight is 424 g/mol. The molecule has 5 nitrogen and oxygen atoms in total.